The molecule has 1 aliphatic heterocycles. The minimum Gasteiger partial charge on any atom is -0.497 e. The van der Waals surface area contributed by atoms with Gasteiger partial charge < -0.3 is 14.9 Å². The maximum atomic E-state index is 9.17. The second kappa shape index (κ2) is 4.94. The van der Waals surface area contributed by atoms with Crippen LogP contribution in [-0.2, 0) is 0 Å². The number of aryl methyl sites for hydroxylation is 1. The molecule has 1 aromatic carbocycles. The lowest BCUT2D eigenvalue weighted by Gasteiger charge is -2.27. The number of methoxy groups -OCH3 is 1. The number of nitrogens with zero attached hydrogens (tertiary/aromatic N) is 2. The van der Waals surface area contributed by atoms with Gasteiger partial charge in [0.1, 0.15) is 11.8 Å². The van der Waals surface area contributed by atoms with Crippen LogP contribution in [0.4, 0.5) is 0 Å². The Morgan fingerprint density at radius 3 is 2.71 bits per heavy atom. The van der Waals surface area contributed by atoms with Crippen molar-refractivity contribution in [1.82, 2.24) is 10.2 Å². The van der Waals surface area contributed by atoms with E-state index in [-0.39, 0.29) is 11.6 Å². The molecule has 6 nitrogen and oxygen atoms in total. The van der Waals surface area contributed by atoms with Crippen LogP contribution in [0.15, 0.2) is 24.3 Å². The van der Waals surface area contributed by atoms with Crippen LogP contribution in [0.5, 0.6) is 11.6 Å². The molecule has 0 saturated carbocycles. The van der Waals surface area contributed by atoms with Gasteiger partial charge in [-0.25, -0.2) is 0 Å². The molecule has 3 rings (SSSR count). The first-order chi connectivity index (χ1) is 10.2. The summed E-state index contributed by atoms with van der Waals surface area (Å²) in [6.45, 7) is 1.88. The summed E-state index contributed by atoms with van der Waals surface area (Å²) >= 11 is 0. The van der Waals surface area contributed by atoms with Crippen molar-refractivity contribution in [2.75, 3.05) is 7.11 Å². The van der Waals surface area contributed by atoms with Crippen LogP contribution in [0.25, 0.3) is 0 Å². The smallest absolute Gasteiger partial charge is 0.238 e. The molecular formula is C15H14N4O2. The predicted molar refractivity (Wildman–Crippen MR) is 75.9 cm³/mol. The van der Waals surface area contributed by atoms with Crippen molar-refractivity contribution in [1.29, 1.82) is 10.7 Å². The molecule has 0 fully saturated rings. The highest BCUT2D eigenvalue weighted by atomic mass is 16.5. The molecule has 0 amide bonds. The molecule has 0 saturated heterocycles. The monoisotopic (exact) mass is 282 g/mol. The third kappa shape index (κ3) is 2.03. The molecule has 0 radical (unpaired) electrons. The zero-order valence-electron chi connectivity index (χ0n) is 11.7. The molecule has 0 bridgehead atoms. The number of benzene rings is 1. The standard InChI is InChI=1S/C15H14N4O2/c1-8-12-13(9-3-5-10(20-2)6-4-9)14(17)11(7-16)21-15(12)19-18-8/h3-6,11,13,17H,1-2H3,(H,18,19)/t11-,13-/m0/s1. The summed E-state index contributed by atoms with van der Waals surface area (Å²) in [6, 6.07) is 9.48. The highest BCUT2D eigenvalue weighted by Crippen LogP contribution is 2.39. The number of nitriles is 1. The average Bonchev–Trinajstić information content (AvgIpc) is 2.88. The number of aromatic nitrogens is 2. The lowest BCUT2D eigenvalue weighted by Crippen LogP contribution is -2.35. The predicted octanol–water partition coefficient (Wildman–Crippen LogP) is 2.16. The molecule has 2 heterocycles. The van der Waals surface area contributed by atoms with Gasteiger partial charge >= 0.3 is 0 Å². The lowest BCUT2D eigenvalue weighted by atomic mass is 9.83. The largest absolute Gasteiger partial charge is 0.497 e. The van der Waals surface area contributed by atoms with Gasteiger partial charge in [0, 0.05) is 11.3 Å². The Morgan fingerprint density at radius 2 is 2.10 bits per heavy atom. The fraction of sp³-hybridized carbons (Fsp3) is 0.267. The summed E-state index contributed by atoms with van der Waals surface area (Å²) in [5.74, 6) is 0.817. The number of nitrogens with one attached hydrogen (secondary N) is 2. The van der Waals surface area contributed by atoms with Crippen LogP contribution in [0.3, 0.4) is 0 Å². The molecule has 2 N–H and O–H groups in total. The SMILES string of the molecule is COc1ccc([C@@H]2C(=N)[C@H](C#N)Oc3n[nH]c(C)c32)cc1. The van der Waals surface area contributed by atoms with E-state index in [4.69, 9.17) is 20.1 Å². The fourth-order valence-corrected chi connectivity index (χ4v) is 2.57. The second-order valence-corrected chi connectivity index (χ2v) is 4.86. The quantitative estimate of drug-likeness (QED) is 0.882. The molecular weight excluding hydrogens is 268 g/mol. The van der Waals surface area contributed by atoms with E-state index in [2.05, 4.69) is 10.2 Å². The van der Waals surface area contributed by atoms with E-state index in [1.165, 1.54) is 0 Å². The Kier molecular flexibility index (Phi) is 3.10. The van der Waals surface area contributed by atoms with Crippen LogP contribution >= 0.6 is 0 Å². The van der Waals surface area contributed by atoms with Crippen LogP contribution < -0.4 is 9.47 Å². The van der Waals surface area contributed by atoms with Crippen LogP contribution in [-0.4, -0.2) is 29.1 Å². The first-order valence-electron chi connectivity index (χ1n) is 6.49. The summed E-state index contributed by atoms with van der Waals surface area (Å²) in [5, 5.41) is 24.4. The Bertz CT molecular complexity index is 727. The van der Waals surface area contributed by atoms with Gasteiger partial charge in [0.25, 0.3) is 0 Å². The molecule has 2 atom stereocenters. The van der Waals surface area contributed by atoms with E-state index in [0.717, 1.165) is 22.6 Å². The van der Waals surface area contributed by atoms with E-state index in [9.17, 15) is 0 Å². The van der Waals surface area contributed by atoms with Crippen LogP contribution in [0.1, 0.15) is 22.7 Å². The van der Waals surface area contributed by atoms with Gasteiger partial charge in [-0.05, 0) is 24.6 Å². The van der Waals surface area contributed by atoms with Crippen molar-refractivity contribution in [3.8, 4) is 17.7 Å². The summed E-state index contributed by atoms with van der Waals surface area (Å²) < 4.78 is 10.6. The minimum absolute atomic E-state index is 0.222. The van der Waals surface area contributed by atoms with Gasteiger partial charge in [-0.2, -0.15) is 5.26 Å². The highest BCUT2D eigenvalue weighted by molar-refractivity contribution is 5.98. The minimum atomic E-state index is -0.910. The molecule has 21 heavy (non-hydrogen) atoms. The summed E-state index contributed by atoms with van der Waals surface area (Å²) in [6.07, 6.45) is -0.910. The van der Waals surface area contributed by atoms with Gasteiger partial charge in [0.05, 0.1) is 18.7 Å². The van der Waals surface area contributed by atoms with Crippen molar-refractivity contribution >= 4 is 5.71 Å². The number of ether oxygens (including phenoxy) is 2. The van der Waals surface area contributed by atoms with E-state index < -0.39 is 6.10 Å². The zero-order chi connectivity index (χ0) is 15.0. The molecule has 0 unspecified atom stereocenters. The molecule has 0 aliphatic carbocycles. The number of aromatic amines is 1. The Labute approximate surface area is 121 Å². The first kappa shape index (κ1) is 13.2. The number of rotatable bonds is 2. The summed E-state index contributed by atoms with van der Waals surface area (Å²) in [5.41, 5.74) is 2.79. The lowest BCUT2D eigenvalue weighted by molar-refractivity contribution is 0.288. The number of H-pyrrole nitrogens is 1. The topological polar surface area (TPSA) is 94.8 Å². The maximum absolute atomic E-state index is 9.17. The second-order valence-electron chi connectivity index (χ2n) is 4.86. The zero-order valence-corrected chi connectivity index (χ0v) is 11.7. The molecule has 6 heteroatoms. The number of hydrogen-bond donors (Lipinski definition) is 2. The Morgan fingerprint density at radius 1 is 1.38 bits per heavy atom. The first-order valence-corrected chi connectivity index (χ1v) is 6.49. The van der Waals surface area contributed by atoms with Crippen molar-refractivity contribution in [2.24, 2.45) is 0 Å². The molecule has 1 aliphatic rings. The summed E-state index contributed by atoms with van der Waals surface area (Å²) in [7, 11) is 1.61. The van der Waals surface area contributed by atoms with Gasteiger partial charge in [0.15, 0.2) is 0 Å². The third-order valence-corrected chi connectivity index (χ3v) is 3.64. The van der Waals surface area contributed by atoms with Gasteiger partial charge in [-0.3, -0.25) is 5.10 Å². The van der Waals surface area contributed by atoms with Gasteiger partial charge in [-0.1, -0.05) is 12.1 Å². The third-order valence-electron chi connectivity index (χ3n) is 3.64. The van der Waals surface area contributed by atoms with Gasteiger partial charge in [0.2, 0.25) is 12.0 Å². The van der Waals surface area contributed by atoms with Crippen LogP contribution in [0.2, 0.25) is 0 Å². The van der Waals surface area contributed by atoms with Crippen molar-refractivity contribution < 1.29 is 9.47 Å². The van der Waals surface area contributed by atoms with Crippen molar-refractivity contribution in [3.63, 3.8) is 0 Å². The van der Waals surface area contributed by atoms with Crippen LogP contribution in [0, 0.1) is 23.7 Å². The van der Waals surface area contributed by atoms with Crippen molar-refractivity contribution in [2.45, 2.75) is 18.9 Å². The Hall–Kier alpha value is -2.81. The highest BCUT2D eigenvalue weighted by Gasteiger charge is 2.37. The van der Waals surface area contributed by atoms with Crippen molar-refractivity contribution in [3.05, 3.63) is 41.1 Å². The Balaban J connectivity index is 2.11. The number of hydrogen-bond acceptors (Lipinski definition) is 5. The van der Waals surface area contributed by atoms with E-state index in [1.807, 2.05) is 37.3 Å². The van der Waals surface area contributed by atoms with E-state index >= 15 is 0 Å². The fourth-order valence-electron chi connectivity index (χ4n) is 2.57. The molecule has 1 aromatic heterocycles. The van der Waals surface area contributed by atoms with E-state index in [1.54, 1.807) is 7.11 Å². The van der Waals surface area contributed by atoms with Gasteiger partial charge in [-0.15, -0.1) is 5.10 Å². The maximum Gasteiger partial charge on any atom is 0.238 e. The normalized spacial score (nSPS) is 20.3. The molecule has 0 spiro atoms. The molecule has 2 aromatic rings. The molecule has 106 valence electrons. The number of fused-ring (bicyclic) bond motifs is 1. The average molecular weight is 282 g/mol. The van der Waals surface area contributed by atoms with E-state index in [0.29, 0.717) is 5.88 Å². The summed E-state index contributed by atoms with van der Waals surface area (Å²) in [4.78, 5) is 0.